The van der Waals surface area contributed by atoms with E-state index >= 15 is 0 Å². The van der Waals surface area contributed by atoms with Crippen LogP contribution < -0.4 is 14.9 Å². The number of nitrogens with one attached hydrogen (secondary N) is 2. The van der Waals surface area contributed by atoms with Crippen molar-refractivity contribution in [3.05, 3.63) is 58.6 Å². The zero-order valence-corrected chi connectivity index (χ0v) is 20.4. The first-order valence-electron chi connectivity index (χ1n) is 10.5. The van der Waals surface area contributed by atoms with Gasteiger partial charge in [-0.15, -0.1) is 0 Å². The number of carbonyl (C=O) groups excluding carboxylic acids is 2. The molecule has 2 aromatic rings. The van der Waals surface area contributed by atoms with Crippen LogP contribution in [0.3, 0.4) is 0 Å². The third kappa shape index (κ3) is 6.97. The largest absolute Gasteiger partial charge is 0.350 e. The van der Waals surface area contributed by atoms with E-state index in [1.54, 1.807) is 49.4 Å². The second kappa shape index (κ2) is 11.3. The summed E-state index contributed by atoms with van der Waals surface area (Å²) >= 11 is 6.15. The van der Waals surface area contributed by atoms with Gasteiger partial charge in [0.15, 0.2) is 0 Å². The Labute approximate surface area is 195 Å². The fourth-order valence-electron chi connectivity index (χ4n) is 3.12. The van der Waals surface area contributed by atoms with Crippen molar-refractivity contribution in [2.24, 2.45) is 0 Å². The minimum atomic E-state index is -3.56. The molecule has 0 heterocycles. The molecule has 2 amide bonds. The minimum absolute atomic E-state index is 0.0168. The number of carbonyl (C=O) groups is 2. The van der Waals surface area contributed by atoms with Gasteiger partial charge in [-0.25, -0.2) is 8.42 Å². The molecule has 0 radical (unpaired) electrons. The van der Waals surface area contributed by atoms with E-state index < -0.39 is 10.0 Å². The Morgan fingerprint density at radius 2 is 1.81 bits per heavy atom. The molecular weight excluding hydrogens is 450 g/mol. The van der Waals surface area contributed by atoms with Crippen LogP contribution in [-0.2, 0) is 14.8 Å². The lowest BCUT2D eigenvalue weighted by molar-refractivity contribution is -0.116. The summed E-state index contributed by atoms with van der Waals surface area (Å²) in [5.41, 5.74) is 1.95. The number of para-hydroxylation sites is 1. The fraction of sp³-hybridized carbons (Fsp3) is 0.391. The minimum Gasteiger partial charge on any atom is -0.350 e. The van der Waals surface area contributed by atoms with Crippen LogP contribution in [0.2, 0.25) is 5.02 Å². The molecule has 0 spiro atoms. The zero-order valence-electron chi connectivity index (χ0n) is 18.8. The van der Waals surface area contributed by atoms with Crippen LogP contribution in [0.15, 0.2) is 42.5 Å². The molecule has 32 heavy (non-hydrogen) atoms. The molecule has 9 heteroatoms. The smallest absolute Gasteiger partial charge is 0.253 e. The molecule has 0 aromatic heterocycles. The lowest BCUT2D eigenvalue weighted by atomic mass is 10.1. The molecule has 0 fully saturated rings. The molecule has 0 saturated heterocycles. The van der Waals surface area contributed by atoms with Crippen LogP contribution >= 0.6 is 11.6 Å². The molecule has 1 atom stereocenters. The van der Waals surface area contributed by atoms with Gasteiger partial charge in [0, 0.05) is 24.0 Å². The first kappa shape index (κ1) is 25.7. The van der Waals surface area contributed by atoms with Crippen molar-refractivity contribution >= 4 is 44.8 Å². The van der Waals surface area contributed by atoms with Gasteiger partial charge in [0.05, 0.1) is 23.2 Å². The van der Waals surface area contributed by atoms with Crippen LogP contribution in [0, 0.1) is 6.92 Å². The van der Waals surface area contributed by atoms with Gasteiger partial charge >= 0.3 is 0 Å². The maximum absolute atomic E-state index is 12.5. The average Bonchev–Trinajstić information content (AvgIpc) is 2.73. The first-order valence-corrected chi connectivity index (χ1v) is 12.7. The van der Waals surface area contributed by atoms with Crippen molar-refractivity contribution in [2.45, 2.75) is 46.1 Å². The quantitative estimate of drug-likeness (QED) is 0.529. The summed E-state index contributed by atoms with van der Waals surface area (Å²) in [6.45, 7) is 5.77. The molecule has 2 aromatic carbocycles. The molecule has 7 nitrogen and oxygen atoms in total. The SMILES string of the molecule is CCC(C)NC(=O)c1ccccc1NC(=O)CCCN(c1cccc(Cl)c1C)S(C)(=O)=O. The van der Waals surface area contributed by atoms with E-state index in [1.165, 1.54) is 4.31 Å². The van der Waals surface area contributed by atoms with Gasteiger partial charge in [0.2, 0.25) is 15.9 Å². The van der Waals surface area contributed by atoms with Gasteiger partial charge in [-0.1, -0.05) is 36.7 Å². The van der Waals surface area contributed by atoms with Gasteiger partial charge in [-0.2, -0.15) is 0 Å². The third-order valence-corrected chi connectivity index (χ3v) is 6.70. The van der Waals surface area contributed by atoms with Crippen LogP contribution in [0.4, 0.5) is 11.4 Å². The van der Waals surface area contributed by atoms with Crippen LogP contribution in [-0.4, -0.2) is 39.1 Å². The highest BCUT2D eigenvalue weighted by Gasteiger charge is 2.21. The van der Waals surface area contributed by atoms with Crippen LogP contribution in [0.1, 0.15) is 49.0 Å². The lowest BCUT2D eigenvalue weighted by Crippen LogP contribution is -2.33. The summed E-state index contributed by atoms with van der Waals surface area (Å²) in [6, 6.07) is 11.9. The number of halogens is 1. The Bertz CT molecular complexity index is 1070. The van der Waals surface area contributed by atoms with Crippen molar-refractivity contribution in [2.75, 3.05) is 22.4 Å². The van der Waals surface area contributed by atoms with E-state index in [4.69, 9.17) is 11.6 Å². The number of nitrogens with zero attached hydrogens (tertiary/aromatic N) is 1. The average molecular weight is 480 g/mol. The second-order valence-electron chi connectivity index (χ2n) is 7.70. The highest BCUT2D eigenvalue weighted by atomic mass is 35.5. The highest BCUT2D eigenvalue weighted by Crippen LogP contribution is 2.28. The topological polar surface area (TPSA) is 95.6 Å². The van der Waals surface area contributed by atoms with Crippen LogP contribution in [0.25, 0.3) is 0 Å². The van der Waals surface area contributed by atoms with E-state index in [0.717, 1.165) is 12.7 Å². The number of anilines is 2. The normalized spacial score (nSPS) is 12.2. The predicted octanol–water partition coefficient (Wildman–Crippen LogP) is 4.36. The van der Waals surface area contributed by atoms with Gasteiger partial charge < -0.3 is 10.6 Å². The number of rotatable bonds is 10. The second-order valence-corrected chi connectivity index (χ2v) is 10.0. The first-order chi connectivity index (χ1) is 15.0. The van der Waals surface area contributed by atoms with E-state index in [-0.39, 0.29) is 30.8 Å². The highest BCUT2D eigenvalue weighted by molar-refractivity contribution is 7.92. The molecular formula is C23H30ClN3O4S. The third-order valence-electron chi connectivity index (χ3n) is 5.11. The summed E-state index contributed by atoms with van der Waals surface area (Å²) < 4.78 is 25.9. The Hall–Kier alpha value is -2.58. The summed E-state index contributed by atoms with van der Waals surface area (Å²) in [6.07, 6.45) is 2.31. The summed E-state index contributed by atoms with van der Waals surface area (Å²) in [5, 5.41) is 6.13. The summed E-state index contributed by atoms with van der Waals surface area (Å²) in [4.78, 5) is 25.0. The maximum Gasteiger partial charge on any atom is 0.253 e. The fourth-order valence-corrected chi connectivity index (χ4v) is 4.31. The Kier molecular flexibility index (Phi) is 9.09. The number of amides is 2. The lowest BCUT2D eigenvalue weighted by Gasteiger charge is -2.24. The van der Waals surface area contributed by atoms with E-state index in [2.05, 4.69) is 10.6 Å². The zero-order chi connectivity index (χ0) is 23.9. The molecule has 0 saturated carbocycles. The summed E-state index contributed by atoms with van der Waals surface area (Å²) in [7, 11) is -3.56. The summed E-state index contributed by atoms with van der Waals surface area (Å²) in [5.74, 6) is -0.556. The van der Waals surface area contributed by atoms with Crippen molar-refractivity contribution in [1.29, 1.82) is 0 Å². The number of benzene rings is 2. The Morgan fingerprint density at radius 3 is 2.47 bits per heavy atom. The maximum atomic E-state index is 12.5. The molecule has 0 aliphatic rings. The standard InChI is InChI=1S/C23H30ClN3O4S/c1-5-16(2)25-23(29)18-10-6-7-12-20(18)26-22(28)14-9-15-27(32(4,30)31)21-13-8-11-19(24)17(21)3/h6-8,10-13,16H,5,9,14-15H2,1-4H3,(H,25,29)(H,26,28). The molecule has 0 aliphatic heterocycles. The molecule has 174 valence electrons. The Morgan fingerprint density at radius 1 is 1.12 bits per heavy atom. The van der Waals surface area contributed by atoms with Crippen LogP contribution in [0.5, 0.6) is 0 Å². The molecule has 1 unspecified atom stereocenters. The number of hydrogen-bond acceptors (Lipinski definition) is 4. The molecule has 0 bridgehead atoms. The molecule has 2 N–H and O–H groups in total. The van der Waals surface area contributed by atoms with Gasteiger partial charge in [-0.3, -0.25) is 13.9 Å². The Balaban J connectivity index is 2.05. The van der Waals surface area contributed by atoms with Crippen molar-refractivity contribution in [3.8, 4) is 0 Å². The van der Waals surface area contributed by atoms with E-state index in [1.807, 2.05) is 13.8 Å². The van der Waals surface area contributed by atoms with Crippen molar-refractivity contribution in [1.82, 2.24) is 5.32 Å². The number of sulfonamides is 1. The van der Waals surface area contributed by atoms with Crippen molar-refractivity contribution < 1.29 is 18.0 Å². The van der Waals surface area contributed by atoms with Gasteiger partial charge in [0.25, 0.3) is 5.91 Å². The van der Waals surface area contributed by atoms with Gasteiger partial charge in [-0.05, 0) is 56.5 Å². The van der Waals surface area contributed by atoms with Gasteiger partial charge in [0.1, 0.15) is 0 Å². The van der Waals surface area contributed by atoms with E-state index in [9.17, 15) is 18.0 Å². The predicted molar refractivity (Wildman–Crippen MR) is 130 cm³/mol. The number of hydrogen-bond donors (Lipinski definition) is 2. The van der Waals surface area contributed by atoms with E-state index in [0.29, 0.717) is 33.9 Å². The monoisotopic (exact) mass is 479 g/mol. The molecule has 2 rings (SSSR count). The molecule has 0 aliphatic carbocycles. The van der Waals surface area contributed by atoms with Crippen molar-refractivity contribution in [3.63, 3.8) is 0 Å².